The second-order valence-electron chi connectivity index (χ2n) is 5.57. The van der Waals surface area contributed by atoms with Gasteiger partial charge in [-0.3, -0.25) is 9.58 Å². The van der Waals surface area contributed by atoms with Crippen molar-refractivity contribution >= 4 is 0 Å². The van der Waals surface area contributed by atoms with Gasteiger partial charge in [-0.25, -0.2) is 0 Å². The van der Waals surface area contributed by atoms with Gasteiger partial charge in [0.15, 0.2) is 0 Å². The van der Waals surface area contributed by atoms with E-state index in [4.69, 9.17) is 5.73 Å². The first-order valence-electron chi connectivity index (χ1n) is 8.03. The van der Waals surface area contributed by atoms with Crippen molar-refractivity contribution in [1.29, 1.82) is 0 Å². The van der Waals surface area contributed by atoms with Crippen molar-refractivity contribution in [2.45, 2.75) is 65.0 Å². The third-order valence-corrected chi connectivity index (χ3v) is 4.94. The molecule has 0 aromatic carbocycles. The summed E-state index contributed by atoms with van der Waals surface area (Å²) in [5, 5.41) is 4.23. The Kier molecular flexibility index (Phi) is 6.69. The van der Waals surface area contributed by atoms with E-state index in [1.807, 2.05) is 17.9 Å². The number of aromatic nitrogens is 2. The van der Waals surface area contributed by atoms with Gasteiger partial charge in [0.1, 0.15) is 0 Å². The van der Waals surface area contributed by atoms with Crippen LogP contribution in [0.1, 0.15) is 52.7 Å². The summed E-state index contributed by atoms with van der Waals surface area (Å²) in [5.74, 6) is 0. The summed E-state index contributed by atoms with van der Waals surface area (Å²) in [7, 11) is 2.00. The van der Waals surface area contributed by atoms with E-state index in [0.717, 1.165) is 38.8 Å². The van der Waals surface area contributed by atoms with Crippen molar-refractivity contribution < 1.29 is 0 Å². The monoisotopic (exact) mass is 280 g/mol. The highest BCUT2D eigenvalue weighted by Crippen LogP contribution is 2.29. The lowest BCUT2D eigenvalue weighted by atomic mass is 9.80. The quantitative estimate of drug-likeness (QED) is 0.756. The summed E-state index contributed by atoms with van der Waals surface area (Å²) >= 11 is 0. The normalized spacial score (nSPS) is 13.9. The third-order valence-electron chi connectivity index (χ3n) is 4.94. The number of likely N-dealkylation sites (N-methyl/N-ethyl adjacent to an activating group) is 1. The van der Waals surface area contributed by atoms with Crippen LogP contribution in [0.3, 0.4) is 0 Å². The van der Waals surface area contributed by atoms with Crippen LogP contribution in [0.5, 0.6) is 0 Å². The molecule has 4 nitrogen and oxygen atoms in total. The first-order chi connectivity index (χ1) is 9.55. The van der Waals surface area contributed by atoms with Crippen LogP contribution >= 0.6 is 0 Å². The van der Waals surface area contributed by atoms with Crippen molar-refractivity contribution in [2.24, 2.45) is 12.8 Å². The Labute approximate surface area is 124 Å². The van der Waals surface area contributed by atoms with Gasteiger partial charge in [-0.05, 0) is 44.8 Å². The number of nitrogens with zero attached hydrogens (tertiary/aromatic N) is 3. The van der Waals surface area contributed by atoms with Crippen LogP contribution < -0.4 is 5.73 Å². The number of hydrogen-bond acceptors (Lipinski definition) is 3. The Morgan fingerprint density at radius 1 is 1.25 bits per heavy atom. The lowest BCUT2D eigenvalue weighted by Gasteiger charge is -2.46. The highest BCUT2D eigenvalue weighted by atomic mass is 15.3. The number of aryl methyl sites for hydroxylation is 2. The van der Waals surface area contributed by atoms with Crippen LogP contribution in [0, 0.1) is 0 Å². The molecule has 1 heterocycles. The first kappa shape index (κ1) is 17.2. The maximum Gasteiger partial charge on any atom is 0.0492 e. The van der Waals surface area contributed by atoms with E-state index < -0.39 is 0 Å². The molecule has 0 aliphatic carbocycles. The second-order valence-corrected chi connectivity index (χ2v) is 5.57. The summed E-state index contributed by atoms with van der Waals surface area (Å²) in [6.45, 7) is 11.1. The van der Waals surface area contributed by atoms with Gasteiger partial charge in [-0.2, -0.15) is 5.10 Å². The molecule has 0 aliphatic rings. The Hall–Kier alpha value is -0.870. The Balaban J connectivity index is 2.78. The molecule has 1 aromatic heterocycles. The Morgan fingerprint density at radius 3 is 2.25 bits per heavy atom. The molecule has 0 fully saturated rings. The molecule has 0 spiro atoms. The van der Waals surface area contributed by atoms with Crippen molar-refractivity contribution in [3.8, 4) is 0 Å². The van der Waals surface area contributed by atoms with E-state index in [1.54, 1.807) is 0 Å². The third kappa shape index (κ3) is 3.41. The molecule has 116 valence electrons. The molecular weight excluding hydrogens is 248 g/mol. The van der Waals surface area contributed by atoms with Crippen LogP contribution in [-0.2, 0) is 13.5 Å². The van der Waals surface area contributed by atoms with Crippen molar-refractivity contribution in [2.75, 3.05) is 13.1 Å². The zero-order valence-electron chi connectivity index (χ0n) is 13.9. The summed E-state index contributed by atoms with van der Waals surface area (Å²) in [6, 6.07) is 2.29. The van der Waals surface area contributed by atoms with Crippen LogP contribution in [0.4, 0.5) is 0 Å². The SMILES string of the molecule is CCN(CC)C(CC)(CC)C(N)CCc1ccnn1C. The highest BCUT2D eigenvalue weighted by Gasteiger charge is 2.37. The smallest absolute Gasteiger partial charge is 0.0492 e. The van der Waals surface area contributed by atoms with Crippen molar-refractivity contribution in [3.05, 3.63) is 18.0 Å². The van der Waals surface area contributed by atoms with Gasteiger partial charge in [-0.15, -0.1) is 0 Å². The molecule has 20 heavy (non-hydrogen) atoms. The average molecular weight is 280 g/mol. The molecule has 1 atom stereocenters. The summed E-state index contributed by atoms with van der Waals surface area (Å²) in [6.07, 6.45) is 6.09. The fourth-order valence-electron chi connectivity index (χ4n) is 3.53. The number of nitrogens with two attached hydrogens (primary N) is 1. The number of hydrogen-bond donors (Lipinski definition) is 1. The summed E-state index contributed by atoms with van der Waals surface area (Å²) < 4.78 is 1.95. The first-order valence-corrected chi connectivity index (χ1v) is 8.03. The van der Waals surface area contributed by atoms with Crippen LogP contribution in [0.25, 0.3) is 0 Å². The second kappa shape index (κ2) is 7.79. The molecule has 0 bridgehead atoms. The summed E-state index contributed by atoms with van der Waals surface area (Å²) in [5.41, 5.74) is 8.01. The van der Waals surface area contributed by atoms with Crippen LogP contribution in [0.2, 0.25) is 0 Å². The van der Waals surface area contributed by atoms with E-state index in [1.165, 1.54) is 5.69 Å². The van der Waals surface area contributed by atoms with Gasteiger partial charge < -0.3 is 5.73 Å². The van der Waals surface area contributed by atoms with E-state index in [-0.39, 0.29) is 11.6 Å². The fraction of sp³-hybridized carbons (Fsp3) is 0.812. The molecule has 0 saturated heterocycles. The maximum atomic E-state index is 6.62. The zero-order chi connectivity index (χ0) is 15.2. The maximum absolute atomic E-state index is 6.62. The lowest BCUT2D eigenvalue weighted by Crippen LogP contribution is -2.59. The van der Waals surface area contributed by atoms with Gasteiger partial charge >= 0.3 is 0 Å². The lowest BCUT2D eigenvalue weighted by molar-refractivity contribution is 0.0599. The van der Waals surface area contributed by atoms with Crippen LogP contribution in [-0.4, -0.2) is 39.4 Å². The van der Waals surface area contributed by atoms with E-state index in [9.17, 15) is 0 Å². The largest absolute Gasteiger partial charge is 0.326 e. The molecule has 0 amide bonds. The molecule has 2 N–H and O–H groups in total. The van der Waals surface area contributed by atoms with Gasteiger partial charge in [0.25, 0.3) is 0 Å². The minimum absolute atomic E-state index is 0.127. The Morgan fingerprint density at radius 2 is 1.85 bits per heavy atom. The molecule has 0 saturated carbocycles. The average Bonchev–Trinajstić information content (AvgIpc) is 2.87. The molecule has 4 heteroatoms. The molecule has 1 unspecified atom stereocenters. The van der Waals surface area contributed by atoms with E-state index >= 15 is 0 Å². The van der Waals surface area contributed by atoms with E-state index in [0.29, 0.717) is 0 Å². The van der Waals surface area contributed by atoms with Crippen LogP contribution in [0.15, 0.2) is 12.3 Å². The molecule has 1 aromatic rings. The van der Waals surface area contributed by atoms with E-state index in [2.05, 4.69) is 43.8 Å². The van der Waals surface area contributed by atoms with Gasteiger partial charge in [0.2, 0.25) is 0 Å². The van der Waals surface area contributed by atoms with Gasteiger partial charge in [0.05, 0.1) is 0 Å². The topological polar surface area (TPSA) is 47.1 Å². The highest BCUT2D eigenvalue weighted by molar-refractivity contribution is 5.03. The fourth-order valence-corrected chi connectivity index (χ4v) is 3.53. The molecule has 0 radical (unpaired) electrons. The predicted octanol–water partition coefficient (Wildman–Crippen LogP) is 2.58. The minimum Gasteiger partial charge on any atom is -0.326 e. The van der Waals surface area contributed by atoms with Gasteiger partial charge in [0, 0.05) is 30.5 Å². The molecule has 0 aliphatic heterocycles. The van der Waals surface area contributed by atoms with Crippen molar-refractivity contribution in [3.63, 3.8) is 0 Å². The summed E-state index contributed by atoms with van der Waals surface area (Å²) in [4.78, 5) is 2.54. The number of rotatable bonds is 9. The predicted molar refractivity (Wildman–Crippen MR) is 85.7 cm³/mol. The van der Waals surface area contributed by atoms with Crippen molar-refractivity contribution in [1.82, 2.24) is 14.7 Å². The zero-order valence-corrected chi connectivity index (χ0v) is 13.9. The minimum atomic E-state index is 0.127. The molecular formula is C16H32N4. The molecule has 1 rings (SSSR count). The standard InChI is InChI=1S/C16H32N4/c1-6-16(7-2,20(8-3)9-4)15(17)11-10-14-12-13-18-19(14)5/h12-13,15H,6-11,17H2,1-5H3. The van der Waals surface area contributed by atoms with Gasteiger partial charge in [-0.1, -0.05) is 27.7 Å². The Bertz CT molecular complexity index is 378.